The molecule has 1 atom stereocenters. The number of fused-ring (bicyclic) bond motifs is 1. The lowest BCUT2D eigenvalue weighted by molar-refractivity contribution is -0.530. The molecule has 7 nitrogen and oxygen atoms in total. The van der Waals surface area contributed by atoms with Crippen molar-refractivity contribution in [1.82, 2.24) is 0 Å². The van der Waals surface area contributed by atoms with E-state index >= 15 is 0 Å². The quantitative estimate of drug-likeness (QED) is 0.240. The van der Waals surface area contributed by atoms with Crippen LogP contribution in [0.1, 0.15) is 37.3 Å². The minimum Gasteiger partial charge on any atom is -0.466 e. The van der Waals surface area contributed by atoms with Crippen LogP contribution in [0, 0.1) is 10.1 Å². The average Bonchev–Trinajstić information content (AvgIpc) is 3.00. The van der Waals surface area contributed by atoms with E-state index in [9.17, 15) is 14.9 Å². The third-order valence-electron chi connectivity index (χ3n) is 3.59. The number of hydrogen-bond donors (Lipinski definition) is 0. The number of methoxy groups -OCH3 is 1. The third kappa shape index (κ3) is 4.70. The molecule has 0 N–H and O–H groups in total. The second-order valence-corrected chi connectivity index (χ2v) is 5.12. The van der Waals surface area contributed by atoms with E-state index in [1.807, 2.05) is 0 Å². The van der Waals surface area contributed by atoms with Crippen LogP contribution < -0.4 is 9.47 Å². The van der Waals surface area contributed by atoms with Gasteiger partial charge in [0, 0.05) is 23.0 Å². The summed E-state index contributed by atoms with van der Waals surface area (Å²) in [7, 11) is 1.32. The van der Waals surface area contributed by atoms with E-state index in [0.717, 1.165) is 6.42 Å². The van der Waals surface area contributed by atoms with Crippen molar-refractivity contribution in [3.63, 3.8) is 0 Å². The molecule has 0 radical (unpaired) electrons. The number of allylic oxidation sites excluding steroid dienone is 1. The van der Waals surface area contributed by atoms with Crippen LogP contribution in [-0.2, 0) is 9.53 Å². The molecule has 0 unspecified atom stereocenters. The predicted molar refractivity (Wildman–Crippen MR) is 81.9 cm³/mol. The molecule has 2 rings (SSSR count). The highest BCUT2D eigenvalue weighted by Gasteiger charge is 2.25. The standard InChI is InChI=1S/C16H19NO6/c1-21-16(18)7-5-3-2-4-6-13(17(19)20)12-8-9-14-15(10-12)23-11-22-14/h5,7-10,13H,2-4,6,11H2,1H3/b7-5+/t13-/m1/s1. The van der Waals surface area contributed by atoms with Gasteiger partial charge in [0.25, 0.3) is 0 Å². The van der Waals surface area contributed by atoms with E-state index in [4.69, 9.17) is 9.47 Å². The Balaban J connectivity index is 1.86. The predicted octanol–water partition coefficient (Wildman–Crippen LogP) is 3.02. The summed E-state index contributed by atoms with van der Waals surface area (Å²) in [4.78, 5) is 21.9. The number of nitrogens with zero attached hydrogens (tertiary/aromatic N) is 1. The molecule has 0 fully saturated rings. The van der Waals surface area contributed by atoms with Gasteiger partial charge in [-0.3, -0.25) is 10.1 Å². The van der Waals surface area contributed by atoms with E-state index in [1.165, 1.54) is 13.2 Å². The Bertz CT molecular complexity index is 598. The van der Waals surface area contributed by atoms with Crippen molar-refractivity contribution >= 4 is 5.97 Å². The molecule has 0 bridgehead atoms. The summed E-state index contributed by atoms with van der Waals surface area (Å²) in [6.45, 7) is 0.147. The maximum absolute atomic E-state index is 11.3. The second-order valence-electron chi connectivity index (χ2n) is 5.12. The van der Waals surface area contributed by atoms with Gasteiger partial charge in [0.1, 0.15) is 0 Å². The van der Waals surface area contributed by atoms with Gasteiger partial charge < -0.3 is 14.2 Å². The first kappa shape index (κ1) is 16.8. The Morgan fingerprint density at radius 1 is 1.39 bits per heavy atom. The average molecular weight is 321 g/mol. The van der Waals surface area contributed by atoms with Crippen LogP contribution in [-0.4, -0.2) is 24.8 Å². The van der Waals surface area contributed by atoms with Gasteiger partial charge in [0.15, 0.2) is 11.5 Å². The Morgan fingerprint density at radius 2 is 2.17 bits per heavy atom. The van der Waals surface area contributed by atoms with Crippen molar-refractivity contribution in [3.8, 4) is 11.5 Å². The number of unbranched alkanes of at least 4 members (excludes halogenated alkanes) is 2. The zero-order valence-corrected chi connectivity index (χ0v) is 12.9. The molecule has 1 aliphatic heterocycles. The lowest BCUT2D eigenvalue weighted by Gasteiger charge is -2.10. The molecule has 1 aromatic rings. The SMILES string of the molecule is COC(=O)/C=C/CCCC[C@H](c1ccc2c(c1)OCO2)[N+](=O)[O-]. The first-order valence-electron chi connectivity index (χ1n) is 7.39. The van der Waals surface area contributed by atoms with Crippen LogP contribution in [0.25, 0.3) is 0 Å². The minimum absolute atomic E-state index is 0.147. The number of nitro groups is 1. The minimum atomic E-state index is -0.769. The molecule has 124 valence electrons. The van der Waals surface area contributed by atoms with Crippen molar-refractivity contribution in [2.24, 2.45) is 0 Å². The summed E-state index contributed by atoms with van der Waals surface area (Å²) in [6, 6.07) is 4.31. The highest BCUT2D eigenvalue weighted by atomic mass is 16.7. The summed E-state index contributed by atoms with van der Waals surface area (Å²) in [6.07, 6.45) is 5.64. The zero-order chi connectivity index (χ0) is 16.7. The van der Waals surface area contributed by atoms with Gasteiger partial charge in [-0.2, -0.15) is 0 Å². The van der Waals surface area contributed by atoms with Crippen LogP contribution >= 0.6 is 0 Å². The lowest BCUT2D eigenvalue weighted by Crippen LogP contribution is -2.10. The fourth-order valence-electron chi connectivity index (χ4n) is 2.36. The van der Waals surface area contributed by atoms with E-state index < -0.39 is 12.0 Å². The highest BCUT2D eigenvalue weighted by Crippen LogP contribution is 2.35. The molecular weight excluding hydrogens is 302 g/mol. The van der Waals surface area contributed by atoms with E-state index in [-0.39, 0.29) is 11.7 Å². The van der Waals surface area contributed by atoms with Gasteiger partial charge in [-0.25, -0.2) is 4.79 Å². The van der Waals surface area contributed by atoms with Crippen LogP contribution in [0.3, 0.4) is 0 Å². The third-order valence-corrected chi connectivity index (χ3v) is 3.59. The normalized spacial score (nSPS) is 14.0. The smallest absolute Gasteiger partial charge is 0.330 e. The van der Waals surface area contributed by atoms with Crippen molar-refractivity contribution in [3.05, 3.63) is 46.0 Å². The fourth-order valence-corrected chi connectivity index (χ4v) is 2.36. The van der Waals surface area contributed by atoms with Gasteiger partial charge in [0.05, 0.1) is 7.11 Å². The Kier molecular flexibility index (Phi) is 5.96. The summed E-state index contributed by atoms with van der Waals surface area (Å²) >= 11 is 0. The van der Waals surface area contributed by atoms with Crippen molar-refractivity contribution in [1.29, 1.82) is 0 Å². The number of esters is 1. The van der Waals surface area contributed by atoms with Gasteiger partial charge in [0.2, 0.25) is 12.8 Å². The largest absolute Gasteiger partial charge is 0.466 e. The molecule has 1 aromatic carbocycles. The number of benzene rings is 1. The van der Waals surface area contributed by atoms with Crippen LogP contribution in [0.2, 0.25) is 0 Å². The molecule has 0 aromatic heterocycles. The number of hydrogen-bond acceptors (Lipinski definition) is 6. The van der Waals surface area contributed by atoms with Gasteiger partial charge in [-0.05, 0) is 37.5 Å². The van der Waals surface area contributed by atoms with E-state index in [1.54, 1.807) is 24.3 Å². The maximum atomic E-state index is 11.3. The Labute approximate surface area is 134 Å². The summed E-state index contributed by atoms with van der Waals surface area (Å²) in [5.41, 5.74) is 0.615. The maximum Gasteiger partial charge on any atom is 0.330 e. The molecule has 0 aliphatic carbocycles. The molecule has 0 spiro atoms. The topological polar surface area (TPSA) is 87.9 Å². The molecule has 23 heavy (non-hydrogen) atoms. The van der Waals surface area contributed by atoms with Gasteiger partial charge >= 0.3 is 5.97 Å². The van der Waals surface area contributed by atoms with Gasteiger partial charge in [-0.1, -0.05) is 6.08 Å². The van der Waals surface area contributed by atoms with Crippen molar-refractivity contribution < 1.29 is 23.9 Å². The number of rotatable bonds is 8. The molecule has 0 saturated heterocycles. The first-order valence-corrected chi connectivity index (χ1v) is 7.39. The van der Waals surface area contributed by atoms with Crippen LogP contribution in [0.15, 0.2) is 30.4 Å². The molecule has 0 saturated carbocycles. The van der Waals surface area contributed by atoms with Crippen LogP contribution in [0.4, 0.5) is 0 Å². The summed E-state index contributed by atoms with van der Waals surface area (Å²) in [5, 5.41) is 11.3. The molecule has 1 heterocycles. The first-order chi connectivity index (χ1) is 11.1. The number of ether oxygens (including phenoxy) is 3. The molecule has 1 aliphatic rings. The van der Waals surface area contributed by atoms with E-state index in [2.05, 4.69) is 4.74 Å². The second kappa shape index (κ2) is 8.17. The summed E-state index contributed by atoms with van der Waals surface area (Å²) in [5.74, 6) is 0.771. The Hall–Kier alpha value is -2.57. The highest BCUT2D eigenvalue weighted by molar-refractivity contribution is 5.81. The van der Waals surface area contributed by atoms with Crippen LogP contribution in [0.5, 0.6) is 11.5 Å². The van der Waals surface area contributed by atoms with Crippen molar-refractivity contribution in [2.45, 2.75) is 31.7 Å². The lowest BCUT2D eigenvalue weighted by atomic mass is 10.0. The van der Waals surface area contributed by atoms with Crippen molar-refractivity contribution in [2.75, 3.05) is 13.9 Å². The fraction of sp³-hybridized carbons (Fsp3) is 0.438. The monoisotopic (exact) mass is 321 g/mol. The molecular formula is C16H19NO6. The van der Waals surface area contributed by atoms with E-state index in [0.29, 0.717) is 36.3 Å². The summed E-state index contributed by atoms with van der Waals surface area (Å²) < 4.78 is 15.0. The molecule has 0 amide bonds. The number of carbonyl (C=O) groups excluding carboxylic acids is 1. The zero-order valence-electron chi connectivity index (χ0n) is 12.9. The molecule has 7 heteroatoms. The van der Waals surface area contributed by atoms with Gasteiger partial charge in [-0.15, -0.1) is 0 Å². The number of carbonyl (C=O) groups is 1. The Morgan fingerprint density at radius 3 is 2.91 bits per heavy atom.